The van der Waals surface area contributed by atoms with Gasteiger partial charge in [0.1, 0.15) is 11.0 Å². The zero-order valence-corrected chi connectivity index (χ0v) is 8.45. The number of aliphatic carboxylic acids is 1. The first-order valence-electron chi connectivity index (χ1n) is 4.38. The van der Waals surface area contributed by atoms with Gasteiger partial charge in [0, 0.05) is 6.42 Å². The smallest absolute Gasteiger partial charge is 0.303 e. The third kappa shape index (κ3) is 2.24. The van der Waals surface area contributed by atoms with Gasteiger partial charge in [0.2, 0.25) is 0 Å². The van der Waals surface area contributed by atoms with Crippen LogP contribution in [0.3, 0.4) is 0 Å². The molecule has 6 heteroatoms. The van der Waals surface area contributed by atoms with E-state index in [9.17, 15) is 4.79 Å². The molecule has 78 valence electrons. The minimum Gasteiger partial charge on any atom is -0.481 e. The van der Waals surface area contributed by atoms with Crippen LogP contribution >= 0.6 is 11.6 Å². The Morgan fingerprint density at radius 3 is 3.00 bits per heavy atom. The third-order valence-electron chi connectivity index (χ3n) is 1.94. The molecule has 0 fully saturated rings. The second-order valence-corrected chi connectivity index (χ2v) is 3.47. The predicted octanol–water partition coefficient (Wildman–Crippen LogP) is 1.63. The summed E-state index contributed by atoms with van der Waals surface area (Å²) >= 11 is 5.70. The fraction of sp³-hybridized carbons (Fsp3) is 0.222. The van der Waals surface area contributed by atoms with Gasteiger partial charge in [-0.2, -0.15) is 0 Å². The average Bonchev–Trinajstić information content (AvgIpc) is 2.56. The van der Waals surface area contributed by atoms with Crippen LogP contribution in [0.5, 0.6) is 0 Å². The maximum atomic E-state index is 10.4. The van der Waals surface area contributed by atoms with Crippen molar-refractivity contribution in [1.29, 1.82) is 0 Å². The topological polar surface area (TPSA) is 78.9 Å². The number of pyridine rings is 1. The Morgan fingerprint density at radius 2 is 2.27 bits per heavy atom. The van der Waals surface area contributed by atoms with Gasteiger partial charge in [-0.15, -0.1) is 0 Å². The van der Waals surface area contributed by atoms with Gasteiger partial charge in [-0.25, -0.2) is 9.97 Å². The minimum absolute atomic E-state index is 0.0492. The lowest BCUT2D eigenvalue weighted by atomic mass is 10.3. The number of carbonyl (C=O) groups is 1. The van der Waals surface area contributed by atoms with Crippen molar-refractivity contribution in [1.82, 2.24) is 15.0 Å². The van der Waals surface area contributed by atoms with Gasteiger partial charge in [-0.3, -0.25) is 4.79 Å². The summed E-state index contributed by atoms with van der Waals surface area (Å²) in [6.07, 6.45) is 0.414. The standard InChI is InChI=1S/C9H8ClN3O2/c10-6-2-1-5-9(12-6)13-7(11-5)3-4-8(14)15/h1-2H,3-4H2,(H,14,15)(H,11,12,13). The number of aromatic nitrogens is 3. The van der Waals surface area contributed by atoms with E-state index in [0.29, 0.717) is 23.0 Å². The van der Waals surface area contributed by atoms with E-state index in [1.54, 1.807) is 12.1 Å². The summed E-state index contributed by atoms with van der Waals surface area (Å²) < 4.78 is 0. The van der Waals surface area contributed by atoms with Crippen molar-refractivity contribution in [2.75, 3.05) is 0 Å². The van der Waals surface area contributed by atoms with E-state index in [0.717, 1.165) is 5.52 Å². The monoisotopic (exact) mass is 225 g/mol. The molecule has 0 atom stereocenters. The van der Waals surface area contributed by atoms with Gasteiger partial charge in [0.25, 0.3) is 0 Å². The number of rotatable bonds is 3. The van der Waals surface area contributed by atoms with E-state index in [-0.39, 0.29) is 6.42 Å². The van der Waals surface area contributed by atoms with Gasteiger partial charge < -0.3 is 10.1 Å². The van der Waals surface area contributed by atoms with Crippen LogP contribution in [0.4, 0.5) is 0 Å². The van der Waals surface area contributed by atoms with Crippen LogP contribution in [0.2, 0.25) is 5.15 Å². The fourth-order valence-electron chi connectivity index (χ4n) is 1.26. The Balaban J connectivity index is 2.27. The van der Waals surface area contributed by atoms with E-state index >= 15 is 0 Å². The van der Waals surface area contributed by atoms with Crippen LogP contribution in [0, 0.1) is 0 Å². The number of aromatic amines is 1. The van der Waals surface area contributed by atoms with E-state index < -0.39 is 5.97 Å². The highest BCUT2D eigenvalue weighted by molar-refractivity contribution is 6.29. The quantitative estimate of drug-likeness (QED) is 0.779. The van der Waals surface area contributed by atoms with Gasteiger partial charge in [-0.1, -0.05) is 11.6 Å². The summed E-state index contributed by atoms with van der Waals surface area (Å²) in [5.74, 6) is -0.233. The lowest BCUT2D eigenvalue weighted by Crippen LogP contribution is -1.98. The Bertz CT molecular complexity index is 509. The molecule has 15 heavy (non-hydrogen) atoms. The zero-order valence-electron chi connectivity index (χ0n) is 7.70. The lowest BCUT2D eigenvalue weighted by Gasteiger charge is -1.89. The first kappa shape index (κ1) is 9.92. The van der Waals surface area contributed by atoms with Crippen LogP contribution < -0.4 is 0 Å². The van der Waals surface area contributed by atoms with Gasteiger partial charge in [-0.05, 0) is 12.1 Å². The Hall–Kier alpha value is -1.62. The molecule has 0 spiro atoms. The second kappa shape index (κ2) is 3.86. The number of hydrogen-bond acceptors (Lipinski definition) is 3. The molecule has 2 heterocycles. The van der Waals surface area contributed by atoms with Gasteiger partial charge >= 0.3 is 5.97 Å². The molecule has 5 nitrogen and oxygen atoms in total. The highest BCUT2D eigenvalue weighted by Crippen LogP contribution is 2.13. The second-order valence-electron chi connectivity index (χ2n) is 3.08. The molecule has 0 aliphatic heterocycles. The number of H-pyrrole nitrogens is 1. The Labute approximate surface area is 90.1 Å². The Morgan fingerprint density at radius 1 is 1.47 bits per heavy atom. The van der Waals surface area contributed by atoms with Crippen molar-refractivity contribution >= 4 is 28.7 Å². The third-order valence-corrected chi connectivity index (χ3v) is 2.15. The highest BCUT2D eigenvalue weighted by Gasteiger charge is 2.06. The number of aryl methyl sites for hydroxylation is 1. The molecule has 2 rings (SSSR count). The number of imidazole rings is 1. The van der Waals surface area contributed by atoms with Crippen molar-refractivity contribution in [3.63, 3.8) is 0 Å². The van der Waals surface area contributed by atoms with Crippen molar-refractivity contribution < 1.29 is 9.90 Å². The summed E-state index contributed by atoms with van der Waals surface area (Å²) in [5, 5.41) is 8.89. The zero-order chi connectivity index (χ0) is 10.8. The van der Waals surface area contributed by atoms with Crippen molar-refractivity contribution in [3.05, 3.63) is 23.1 Å². The summed E-state index contributed by atoms with van der Waals surface area (Å²) in [4.78, 5) is 21.5. The number of halogens is 1. The molecule has 2 aromatic heterocycles. The molecular formula is C9H8ClN3O2. The SMILES string of the molecule is O=C(O)CCc1nc2nc(Cl)ccc2[nH]1. The molecule has 2 aromatic rings. The van der Waals surface area contributed by atoms with Crippen LogP contribution in [-0.4, -0.2) is 26.0 Å². The first-order chi connectivity index (χ1) is 7.15. The summed E-state index contributed by atoms with van der Waals surface area (Å²) in [6.45, 7) is 0. The number of nitrogens with zero attached hydrogens (tertiary/aromatic N) is 2. The van der Waals surface area contributed by atoms with Gasteiger partial charge in [0.15, 0.2) is 5.65 Å². The maximum absolute atomic E-state index is 10.4. The molecule has 0 unspecified atom stereocenters. The van der Waals surface area contributed by atoms with Crippen LogP contribution in [0.25, 0.3) is 11.2 Å². The number of carboxylic acids is 1. The lowest BCUT2D eigenvalue weighted by molar-refractivity contribution is -0.137. The van der Waals surface area contributed by atoms with E-state index in [4.69, 9.17) is 16.7 Å². The molecule has 0 bridgehead atoms. The maximum Gasteiger partial charge on any atom is 0.303 e. The fourth-order valence-corrected chi connectivity index (χ4v) is 1.41. The normalized spacial score (nSPS) is 10.7. The molecule has 0 saturated heterocycles. The molecule has 0 aliphatic carbocycles. The summed E-state index contributed by atoms with van der Waals surface area (Å²) in [6, 6.07) is 3.42. The molecule has 2 N–H and O–H groups in total. The van der Waals surface area contributed by atoms with Crippen LogP contribution in [0.15, 0.2) is 12.1 Å². The van der Waals surface area contributed by atoms with Crippen LogP contribution in [0.1, 0.15) is 12.2 Å². The number of carboxylic acid groups (broad SMARTS) is 1. The Kier molecular flexibility index (Phi) is 2.55. The van der Waals surface area contributed by atoms with Gasteiger partial charge in [0.05, 0.1) is 11.9 Å². The summed E-state index contributed by atoms with van der Waals surface area (Å²) in [5.41, 5.74) is 1.28. The van der Waals surface area contributed by atoms with Crippen molar-refractivity contribution in [2.24, 2.45) is 0 Å². The minimum atomic E-state index is -0.846. The van der Waals surface area contributed by atoms with E-state index in [2.05, 4.69) is 15.0 Å². The van der Waals surface area contributed by atoms with Crippen molar-refractivity contribution in [3.8, 4) is 0 Å². The molecule has 0 saturated carbocycles. The molecule has 0 aliphatic rings. The van der Waals surface area contributed by atoms with Crippen LogP contribution in [-0.2, 0) is 11.2 Å². The average molecular weight is 226 g/mol. The molecule has 0 amide bonds. The number of fused-ring (bicyclic) bond motifs is 1. The van der Waals surface area contributed by atoms with Crippen molar-refractivity contribution in [2.45, 2.75) is 12.8 Å². The molecule has 0 aromatic carbocycles. The molecular weight excluding hydrogens is 218 g/mol. The van der Waals surface area contributed by atoms with E-state index in [1.807, 2.05) is 0 Å². The number of hydrogen-bond donors (Lipinski definition) is 2. The van der Waals surface area contributed by atoms with E-state index in [1.165, 1.54) is 0 Å². The summed E-state index contributed by atoms with van der Waals surface area (Å²) in [7, 11) is 0. The largest absolute Gasteiger partial charge is 0.481 e. The predicted molar refractivity (Wildman–Crippen MR) is 54.9 cm³/mol. The highest BCUT2D eigenvalue weighted by atomic mass is 35.5. The first-order valence-corrected chi connectivity index (χ1v) is 4.76. The molecule has 0 radical (unpaired) electrons. The number of nitrogens with one attached hydrogen (secondary N) is 1.